The van der Waals surface area contributed by atoms with Gasteiger partial charge in [0.1, 0.15) is 10.7 Å². The smallest absolute Gasteiger partial charge is 0.339 e. The Bertz CT molecular complexity index is 451. The number of carboxylic acids is 1. The summed E-state index contributed by atoms with van der Waals surface area (Å²) in [6.45, 7) is 2.19. The van der Waals surface area contributed by atoms with Crippen LogP contribution in [-0.4, -0.2) is 22.1 Å². The van der Waals surface area contributed by atoms with Gasteiger partial charge in [0, 0.05) is 12.2 Å². The van der Waals surface area contributed by atoms with Crippen molar-refractivity contribution in [2.24, 2.45) is 5.92 Å². The first-order valence-electron chi connectivity index (χ1n) is 6.23. The lowest BCUT2D eigenvalue weighted by atomic mass is 9.86. The molecule has 0 bridgehead atoms. The van der Waals surface area contributed by atoms with Gasteiger partial charge in [0.05, 0.1) is 5.69 Å². The van der Waals surface area contributed by atoms with Crippen LogP contribution in [0.25, 0.3) is 0 Å². The zero-order valence-electron chi connectivity index (χ0n) is 10.3. The number of rotatable bonds is 3. The minimum Gasteiger partial charge on any atom is -0.478 e. The van der Waals surface area contributed by atoms with Crippen molar-refractivity contribution in [2.45, 2.75) is 38.6 Å². The Morgan fingerprint density at radius 1 is 1.50 bits per heavy atom. The first-order chi connectivity index (χ1) is 8.58. The predicted octanol–water partition coefficient (Wildman–Crippen LogP) is 3.42. The van der Waals surface area contributed by atoms with Crippen LogP contribution < -0.4 is 5.32 Å². The Balaban J connectivity index is 2.21. The van der Waals surface area contributed by atoms with Crippen molar-refractivity contribution in [1.29, 1.82) is 0 Å². The number of pyridine rings is 1. The lowest BCUT2D eigenvalue weighted by molar-refractivity contribution is 0.0697. The topological polar surface area (TPSA) is 62.2 Å². The van der Waals surface area contributed by atoms with E-state index in [4.69, 9.17) is 16.7 Å². The number of carboxylic acid groups (broad SMARTS) is 1. The van der Waals surface area contributed by atoms with Crippen LogP contribution >= 0.6 is 11.6 Å². The maximum absolute atomic E-state index is 11.1. The lowest BCUT2D eigenvalue weighted by Crippen LogP contribution is -2.31. The number of nitrogens with one attached hydrogen (secondary N) is 1. The molecule has 5 heteroatoms. The normalized spacial score (nSPS) is 23.7. The maximum atomic E-state index is 11.1. The highest BCUT2D eigenvalue weighted by Gasteiger charge is 2.23. The molecular formula is C13H17ClN2O2. The molecule has 2 N–H and O–H groups in total. The molecule has 4 nitrogen and oxygen atoms in total. The first-order valence-corrected chi connectivity index (χ1v) is 6.61. The maximum Gasteiger partial charge on any atom is 0.339 e. The van der Waals surface area contributed by atoms with Crippen LogP contribution in [0.1, 0.15) is 43.0 Å². The third-order valence-corrected chi connectivity index (χ3v) is 3.76. The number of aromatic carboxylic acids is 1. The molecule has 2 rings (SSSR count). The molecule has 0 aromatic carbocycles. The van der Waals surface area contributed by atoms with Crippen molar-refractivity contribution in [1.82, 2.24) is 4.98 Å². The molecule has 98 valence electrons. The highest BCUT2D eigenvalue weighted by molar-refractivity contribution is 6.29. The quantitative estimate of drug-likeness (QED) is 0.825. The van der Waals surface area contributed by atoms with E-state index in [1.807, 2.05) is 0 Å². The fraction of sp³-hybridized carbons (Fsp3) is 0.538. The summed E-state index contributed by atoms with van der Waals surface area (Å²) in [4.78, 5) is 15.0. The van der Waals surface area contributed by atoms with Crippen LogP contribution in [0.2, 0.25) is 5.15 Å². The second kappa shape index (κ2) is 5.57. The zero-order valence-corrected chi connectivity index (χ0v) is 11.1. The van der Waals surface area contributed by atoms with Gasteiger partial charge in [-0.2, -0.15) is 0 Å². The molecule has 0 unspecified atom stereocenters. The van der Waals surface area contributed by atoms with Crippen LogP contribution in [0, 0.1) is 5.92 Å². The molecule has 0 saturated heterocycles. The molecule has 1 fully saturated rings. The van der Waals surface area contributed by atoms with Crippen molar-refractivity contribution >= 4 is 23.3 Å². The first kappa shape index (κ1) is 13.1. The van der Waals surface area contributed by atoms with Crippen LogP contribution in [0.15, 0.2) is 12.3 Å². The number of anilines is 1. The highest BCUT2D eigenvalue weighted by atomic mass is 35.5. The molecule has 0 spiro atoms. The molecule has 1 saturated carbocycles. The largest absolute Gasteiger partial charge is 0.478 e. The minimum absolute atomic E-state index is 0.178. The van der Waals surface area contributed by atoms with E-state index in [2.05, 4.69) is 17.2 Å². The van der Waals surface area contributed by atoms with E-state index in [9.17, 15) is 4.79 Å². The summed E-state index contributed by atoms with van der Waals surface area (Å²) in [5, 5.41) is 12.8. The second-order valence-electron chi connectivity index (χ2n) is 4.87. The molecule has 18 heavy (non-hydrogen) atoms. The summed E-state index contributed by atoms with van der Waals surface area (Å²) >= 11 is 5.83. The van der Waals surface area contributed by atoms with E-state index in [-0.39, 0.29) is 5.56 Å². The summed E-state index contributed by atoms with van der Waals surface area (Å²) in [6, 6.07) is 1.90. The van der Waals surface area contributed by atoms with Gasteiger partial charge in [-0.15, -0.1) is 0 Å². The fourth-order valence-electron chi connectivity index (χ4n) is 2.45. The van der Waals surface area contributed by atoms with Crippen LogP contribution in [0.5, 0.6) is 0 Å². The number of halogens is 1. The molecule has 0 aliphatic heterocycles. The van der Waals surface area contributed by atoms with Gasteiger partial charge in [-0.1, -0.05) is 31.4 Å². The van der Waals surface area contributed by atoms with Gasteiger partial charge in [0.2, 0.25) is 0 Å². The number of carbonyl (C=O) groups is 1. The molecule has 2 atom stereocenters. The summed E-state index contributed by atoms with van der Waals surface area (Å²) in [5.41, 5.74) is 0.749. The van der Waals surface area contributed by atoms with Gasteiger partial charge >= 0.3 is 5.97 Å². The summed E-state index contributed by atoms with van der Waals surface area (Å²) < 4.78 is 0. The van der Waals surface area contributed by atoms with Crippen LogP contribution in [0.3, 0.4) is 0 Å². The Morgan fingerprint density at radius 2 is 2.22 bits per heavy atom. The van der Waals surface area contributed by atoms with E-state index in [0.717, 1.165) is 6.42 Å². The van der Waals surface area contributed by atoms with E-state index >= 15 is 0 Å². The van der Waals surface area contributed by atoms with E-state index in [1.165, 1.54) is 25.5 Å². The third kappa shape index (κ3) is 2.93. The Hall–Kier alpha value is -1.29. The van der Waals surface area contributed by atoms with Crippen molar-refractivity contribution in [3.63, 3.8) is 0 Å². The van der Waals surface area contributed by atoms with Crippen molar-refractivity contribution in [3.05, 3.63) is 23.0 Å². The third-order valence-electron chi connectivity index (χ3n) is 3.55. The molecular weight excluding hydrogens is 252 g/mol. The molecule has 1 heterocycles. The van der Waals surface area contributed by atoms with Gasteiger partial charge in [-0.05, 0) is 24.8 Å². The van der Waals surface area contributed by atoms with Crippen molar-refractivity contribution in [2.75, 3.05) is 5.32 Å². The molecule has 1 aromatic rings. The molecule has 1 aromatic heterocycles. The SMILES string of the molecule is C[C@@H]1CCCC[C@@H]1Nc1cc(Cl)ncc1C(=O)O. The van der Waals surface area contributed by atoms with Gasteiger partial charge in [-0.3, -0.25) is 0 Å². The standard InChI is InChI=1S/C13H17ClN2O2/c1-8-4-2-3-5-10(8)16-11-6-12(14)15-7-9(11)13(17)18/h6-8,10H,2-5H2,1H3,(H,15,16)(H,17,18)/t8-,10+/m1/s1. The van der Waals surface area contributed by atoms with Gasteiger partial charge in [-0.25, -0.2) is 9.78 Å². The lowest BCUT2D eigenvalue weighted by Gasteiger charge is -2.30. The highest BCUT2D eigenvalue weighted by Crippen LogP contribution is 2.28. The van der Waals surface area contributed by atoms with Gasteiger partial charge in [0.15, 0.2) is 0 Å². The average Bonchev–Trinajstić information content (AvgIpc) is 2.32. The van der Waals surface area contributed by atoms with E-state index in [0.29, 0.717) is 22.8 Å². The minimum atomic E-state index is -0.981. The summed E-state index contributed by atoms with van der Waals surface area (Å²) in [5.74, 6) is -0.433. The number of hydrogen-bond donors (Lipinski definition) is 2. The monoisotopic (exact) mass is 268 g/mol. The van der Waals surface area contributed by atoms with Gasteiger partial charge < -0.3 is 10.4 Å². The van der Waals surface area contributed by atoms with Crippen molar-refractivity contribution in [3.8, 4) is 0 Å². The Labute approximate surface area is 111 Å². The molecule has 1 aliphatic rings. The Kier molecular flexibility index (Phi) is 4.07. The zero-order chi connectivity index (χ0) is 13.1. The molecule has 0 amide bonds. The number of aromatic nitrogens is 1. The average molecular weight is 269 g/mol. The van der Waals surface area contributed by atoms with E-state index < -0.39 is 5.97 Å². The number of hydrogen-bond acceptors (Lipinski definition) is 3. The predicted molar refractivity (Wildman–Crippen MR) is 71.2 cm³/mol. The van der Waals surface area contributed by atoms with Gasteiger partial charge in [0.25, 0.3) is 0 Å². The Morgan fingerprint density at radius 3 is 2.89 bits per heavy atom. The summed E-state index contributed by atoms with van der Waals surface area (Å²) in [6.07, 6.45) is 5.99. The summed E-state index contributed by atoms with van der Waals surface area (Å²) in [7, 11) is 0. The fourth-order valence-corrected chi connectivity index (χ4v) is 2.61. The molecule has 0 radical (unpaired) electrons. The molecule has 1 aliphatic carbocycles. The van der Waals surface area contributed by atoms with Crippen molar-refractivity contribution < 1.29 is 9.90 Å². The second-order valence-corrected chi connectivity index (χ2v) is 5.26. The van der Waals surface area contributed by atoms with E-state index in [1.54, 1.807) is 6.07 Å². The van der Waals surface area contributed by atoms with Crippen LogP contribution in [0.4, 0.5) is 5.69 Å². The van der Waals surface area contributed by atoms with Crippen LogP contribution in [-0.2, 0) is 0 Å². The number of nitrogens with zero attached hydrogens (tertiary/aromatic N) is 1.